The first kappa shape index (κ1) is 14.0. The molecule has 0 aromatic rings. The molecule has 1 rings (SSSR count). The Bertz CT molecular complexity index is 164. The molecule has 16 heavy (non-hydrogen) atoms. The highest BCUT2D eigenvalue weighted by molar-refractivity contribution is 4.78. The lowest BCUT2D eigenvalue weighted by Crippen LogP contribution is -2.34. The van der Waals surface area contributed by atoms with Gasteiger partial charge in [0.2, 0.25) is 0 Å². The Balaban J connectivity index is 2.33. The van der Waals surface area contributed by atoms with Crippen molar-refractivity contribution < 1.29 is 4.74 Å². The summed E-state index contributed by atoms with van der Waals surface area (Å²) in [4.78, 5) is 0. The van der Waals surface area contributed by atoms with Crippen LogP contribution in [0.3, 0.4) is 0 Å². The monoisotopic (exact) mass is 227 g/mol. The molecule has 0 amide bonds. The summed E-state index contributed by atoms with van der Waals surface area (Å²) in [5.41, 5.74) is 0. The van der Waals surface area contributed by atoms with E-state index in [1.807, 2.05) is 7.11 Å². The molecule has 0 heterocycles. The molecular formula is C14H29NO. The van der Waals surface area contributed by atoms with Crippen molar-refractivity contribution in [2.45, 2.75) is 70.4 Å². The van der Waals surface area contributed by atoms with Gasteiger partial charge in [-0.2, -0.15) is 0 Å². The molecule has 0 radical (unpaired) electrons. The van der Waals surface area contributed by atoms with Gasteiger partial charge in [-0.15, -0.1) is 0 Å². The van der Waals surface area contributed by atoms with Crippen molar-refractivity contribution >= 4 is 0 Å². The summed E-state index contributed by atoms with van der Waals surface area (Å²) >= 11 is 0. The quantitative estimate of drug-likeness (QED) is 0.703. The summed E-state index contributed by atoms with van der Waals surface area (Å²) in [7, 11) is 3.93. The minimum Gasteiger partial charge on any atom is -0.382 e. The molecule has 1 fully saturated rings. The smallest absolute Gasteiger partial charge is 0.0543 e. The lowest BCUT2D eigenvalue weighted by Gasteiger charge is -2.26. The van der Waals surface area contributed by atoms with E-state index in [0.29, 0.717) is 12.1 Å². The molecule has 0 aromatic carbocycles. The highest BCUT2D eigenvalue weighted by atomic mass is 16.5. The number of rotatable bonds is 6. The van der Waals surface area contributed by atoms with Crippen LogP contribution in [0.5, 0.6) is 0 Å². The van der Waals surface area contributed by atoms with Crippen LogP contribution in [0, 0.1) is 5.92 Å². The maximum absolute atomic E-state index is 5.33. The fourth-order valence-electron chi connectivity index (χ4n) is 2.86. The van der Waals surface area contributed by atoms with Crippen LogP contribution in [-0.2, 0) is 4.74 Å². The average Bonchev–Trinajstić information content (AvgIpc) is 2.58. The van der Waals surface area contributed by atoms with Crippen molar-refractivity contribution in [3.8, 4) is 0 Å². The third kappa shape index (κ3) is 4.84. The lowest BCUT2D eigenvalue weighted by molar-refractivity contribution is 0.103. The SMILES string of the molecule is CNC(CCC(C)OC)C1CCCCCC1. The van der Waals surface area contributed by atoms with Gasteiger partial charge in [-0.05, 0) is 45.6 Å². The van der Waals surface area contributed by atoms with Gasteiger partial charge in [0, 0.05) is 13.2 Å². The van der Waals surface area contributed by atoms with E-state index in [-0.39, 0.29) is 0 Å². The van der Waals surface area contributed by atoms with E-state index in [1.54, 1.807) is 0 Å². The second-order valence-electron chi connectivity index (χ2n) is 5.27. The van der Waals surface area contributed by atoms with Gasteiger partial charge >= 0.3 is 0 Å². The summed E-state index contributed by atoms with van der Waals surface area (Å²) in [5.74, 6) is 0.900. The first-order valence-electron chi connectivity index (χ1n) is 6.98. The Morgan fingerprint density at radius 3 is 2.25 bits per heavy atom. The fraction of sp³-hybridized carbons (Fsp3) is 1.00. The van der Waals surface area contributed by atoms with Gasteiger partial charge in [-0.25, -0.2) is 0 Å². The van der Waals surface area contributed by atoms with E-state index in [0.717, 1.165) is 5.92 Å². The van der Waals surface area contributed by atoms with Crippen LogP contribution >= 0.6 is 0 Å². The molecule has 2 unspecified atom stereocenters. The maximum atomic E-state index is 5.33. The summed E-state index contributed by atoms with van der Waals surface area (Å²) in [6.07, 6.45) is 11.4. The van der Waals surface area contributed by atoms with Crippen LogP contribution in [-0.4, -0.2) is 26.3 Å². The van der Waals surface area contributed by atoms with Gasteiger partial charge in [0.25, 0.3) is 0 Å². The minimum absolute atomic E-state index is 0.404. The largest absolute Gasteiger partial charge is 0.382 e. The summed E-state index contributed by atoms with van der Waals surface area (Å²) < 4.78 is 5.33. The predicted octanol–water partition coefficient (Wildman–Crippen LogP) is 3.36. The van der Waals surface area contributed by atoms with Crippen LogP contribution < -0.4 is 5.32 Å². The number of ether oxygens (including phenoxy) is 1. The minimum atomic E-state index is 0.404. The topological polar surface area (TPSA) is 21.3 Å². The lowest BCUT2D eigenvalue weighted by atomic mass is 9.88. The molecule has 2 nitrogen and oxygen atoms in total. The summed E-state index contributed by atoms with van der Waals surface area (Å²) in [6, 6.07) is 0.704. The molecule has 0 spiro atoms. The van der Waals surface area contributed by atoms with E-state index in [4.69, 9.17) is 4.74 Å². The third-order valence-corrected chi connectivity index (χ3v) is 4.13. The molecule has 0 aromatic heterocycles. The van der Waals surface area contributed by atoms with E-state index < -0.39 is 0 Å². The molecule has 0 saturated heterocycles. The highest BCUT2D eigenvalue weighted by Crippen LogP contribution is 2.27. The maximum Gasteiger partial charge on any atom is 0.0543 e. The first-order chi connectivity index (χ1) is 7.77. The van der Waals surface area contributed by atoms with E-state index in [1.165, 1.54) is 51.4 Å². The van der Waals surface area contributed by atoms with Crippen LogP contribution in [0.1, 0.15) is 58.3 Å². The normalized spacial score (nSPS) is 22.7. The Labute approximate surface area is 101 Å². The van der Waals surface area contributed by atoms with Crippen molar-refractivity contribution in [3.63, 3.8) is 0 Å². The van der Waals surface area contributed by atoms with Crippen LogP contribution in [0.2, 0.25) is 0 Å². The van der Waals surface area contributed by atoms with Crippen molar-refractivity contribution in [1.29, 1.82) is 0 Å². The van der Waals surface area contributed by atoms with E-state index >= 15 is 0 Å². The van der Waals surface area contributed by atoms with Crippen molar-refractivity contribution in [1.82, 2.24) is 5.32 Å². The summed E-state index contributed by atoms with van der Waals surface area (Å²) in [6.45, 7) is 2.17. The standard InChI is InChI=1S/C14H29NO/c1-12(16-3)10-11-14(15-2)13-8-6-4-5-7-9-13/h12-15H,4-11H2,1-3H3. The number of hydrogen-bond donors (Lipinski definition) is 1. The Morgan fingerprint density at radius 1 is 1.12 bits per heavy atom. The number of hydrogen-bond acceptors (Lipinski definition) is 2. The molecule has 1 aliphatic rings. The van der Waals surface area contributed by atoms with E-state index in [9.17, 15) is 0 Å². The van der Waals surface area contributed by atoms with Crippen LogP contribution in [0.25, 0.3) is 0 Å². The third-order valence-electron chi connectivity index (χ3n) is 4.13. The Morgan fingerprint density at radius 2 is 1.75 bits per heavy atom. The first-order valence-corrected chi connectivity index (χ1v) is 6.98. The van der Waals surface area contributed by atoms with Crippen LogP contribution in [0.4, 0.5) is 0 Å². The Kier molecular flexibility index (Phi) is 7.06. The molecule has 1 saturated carbocycles. The molecule has 1 aliphatic carbocycles. The zero-order chi connectivity index (χ0) is 11.8. The van der Waals surface area contributed by atoms with Crippen molar-refractivity contribution in [3.05, 3.63) is 0 Å². The highest BCUT2D eigenvalue weighted by Gasteiger charge is 2.21. The summed E-state index contributed by atoms with van der Waals surface area (Å²) in [5, 5.41) is 3.52. The predicted molar refractivity (Wildman–Crippen MR) is 69.7 cm³/mol. The van der Waals surface area contributed by atoms with Gasteiger partial charge in [0.15, 0.2) is 0 Å². The second-order valence-corrected chi connectivity index (χ2v) is 5.27. The van der Waals surface area contributed by atoms with E-state index in [2.05, 4.69) is 19.3 Å². The molecular weight excluding hydrogens is 198 g/mol. The Hall–Kier alpha value is -0.0800. The zero-order valence-corrected chi connectivity index (χ0v) is 11.3. The zero-order valence-electron chi connectivity index (χ0n) is 11.3. The van der Waals surface area contributed by atoms with Gasteiger partial charge in [0.05, 0.1) is 6.10 Å². The molecule has 0 bridgehead atoms. The number of nitrogens with one attached hydrogen (secondary N) is 1. The van der Waals surface area contributed by atoms with Gasteiger partial charge in [-0.3, -0.25) is 0 Å². The average molecular weight is 227 g/mol. The molecule has 1 N–H and O–H groups in total. The second kappa shape index (κ2) is 8.08. The molecule has 96 valence electrons. The fourth-order valence-corrected chi connectivity index (χ4v) is 2.86. The number of methoxy groups -OCH3 is 1. The van der Waals surface area contributed by atoms with Gasteiger partial charge in [-0.1, -0.05) is 25.7 Å². The molecule has 2 heteroatoms. The van der Waals surface area contributed by atoms with Crippen molar-refractivity contribution in [2.24, 2.45) is 5.92 Å². The van der Waals surface area contributed by atoms with Crippen LogP contribution in [0.15, 0.2) is 0 Å². The molecule has 2 atom stereocenters. The van der Waals surface area contributed by atoms with Gasteiger partial charge in [0.1, 0.15) is 0 Å². The van der Waals surface area contributed by atoms with Crippen molar-refractivity contribution in [2.75, 3.05) is 14.2 Å². The molecule has 0 aliphatic heterocycles. The van der Waals surface area contributed by atoms with Gasteiger partial charge < -0.3 is 10.1 Å².